The van der Waals surface area contributed by atoms with Gasteiger partial charge in [0.15, 0.2) is 5.65 Å². The van der Waals surface area contributed by atoms with Crippen molar-refractivity contribution >= 4 is 16.9 Å². The van der Waals surface area contributed by atoms with Crippen LogP contribution in [0.3, 0.4) is 0 Å². The van der Waals surface area contributed by atoms with Crippen LogP contribution in [0.1, 0.15) is 27.2 Å². The van der Waals surface area contributed by atoms with Gasteiger partial charge < -0.3 is 5.32 Å². The number of aromatic nitrogens is 3. The van der Waals surface area contributed by atoms with Gasteiger partial charge in [0.2, 0.25) is 0 Å². The Hall–Kier alpha value is -2.73. The minimum atomic E-state index is -0.0638. The zero-order chi connectivity index (χ0) is 18.0. The summed E-state index contributed by atoms with van der Waals surface area (Å²) in [7, 11) is 5.63. The van der Waals surface area contributed by atoms with E-state index in [9.17, 15) is 4.79 Å². The first-order valence-electron chi connectivity index (χ1n) is 8.25. The fraction of sp³-hybridized carbons (Fsp3) is 0.316. The first-order valence-corrected chi connectivity index (χ1v) is 8.25. The van der Waals surface area contributed by atoms with Gasteiger partial charge in [0, 0.05) is 44.3 Å². The average Bonchev–Trinajstić information content (AvgIpc) is 2.88. The van der Waals surface area contributed by atoms with E-state index in [-0.39, 0.29) is 5.91 Å². The number of carbonyl (C=O) groups is 1. The number of nitrogens with zero attached hydrogens (tertiary/aromatic N) is 4. The summed E-state index contributed by atoms with van der Waals surface area (Å²) in [6.07, 6.45) is 1.91. The molecule has 2 aromatic heterocycles. The van der Waals surface area contributed by atoms with Crippen LogP contribution in [0.15, 0.2) is 36.5 Å². The number of rotatable bonds is 5. The minimum Gasteiger partial charge on any atom is -0.355 e. The molecule has 1 amide bonds. The summed E-state index contributed by atoms with van der Waals surface area (Å²) in [5.41, 5.74) is 4.92. The molecule has 1 N–H and O–H groups in total. The highest BCUT2D eigenvalue weighted by Crippen LogP contribution is 2.18. The number of carbonyl (C=O) groups excluding carboxylic acids is 1. The fourth-order valence-corrected chi connectivity index (χ4v) is 3.02. The Morgan fingerprint density at radius 2 is 1.88 bits per heavy atom. The van der Waals surface area contributed by atoms with Gasteiger partial charge in [0.1, 0.15) is 0 Å². The van der Waals surface area contributed by atoms with Crippen LogP contribution in [0, 0.1) is 6.92 Å². The van der Waals surface area contributed by atoms with E-state index >= 15 is 0 Å². The molecule has 0 radical (unpaired) electrons. The summed E-state index contributed by atoms with van der Waals surface area (Å²) >= 11 is 0. The van der Waals surface area contributed by atoms with Gasteiger partial charge in [-0.25, -0.2) is 4.98 Å². The molecule has 3 rings (SSSR count). The molecule has 0 aliphatic heterocycles. The summed E-state index contributed by atoms with van der Waals surface area (Å²) in [6.45, 7) is 3.61. The minimum absolute atomic E-state index is 0.0638. The molecule has 0 spiro atoms. The number of benzene rings is 1. The van der Waals surface area contributed by atoms with Crippen LogP contribution in [0.4, 0.5) is 0 Å². The Balaban J connectivity index is 1.69. The van der Waals surface area contributed by atoms with Gasteiger partial charge in [0.25, 0.3) is 5.91 Å². The van der Waals surface area contributed by atoms with Gasteiger partial charge in [-0.05, 0) is 43.3 Å². The monoisotopic (exact) mass is 337 g/mol. The van der Waals surface area contributed by atoms with E-state index < -0.39 is 0 Å². The third-order valence-corrected chi connectivity index (χ3v) is 4.27. The standard InChI is InChI=1S/C19H23N5O/c1-13-17-9-15(10-21-18(17)24(4)22-13)12-23(3)11-14-5-7-16(8-6-14)19(25)20-2/h5-10H,11-12H2,1-4H3,(H,20,25). The van der Waals surface area contributed by atoms with Crippen molar-refractivity contribution in [3.05, 3.63) is 58.9 Å². The third kappa shape index (κ3) is 3.69. The van der Waals surface area contributed by atoms with Crippen molar-refractivity contribution < 1.29 is 4.79 Å². The maximum absolute atomic E-state index is 11.6. The summed E-state index contributed by atoms with van der Waals surface area (Å²) in [5.74, 6) is -0.0638. The molecule has 0 unspecified atom stereocenters. The second kappa shape index (κ2) is 7.03. The van der Waals surface area contributed by atoms with Crippen molar-refractivity contribution in [1.29, 1.82) is 0 Å². The van der Waals surface area contributed by atoms with E-state index in [4.69, 9.17) is 0 Å². The number of hydrogen-bond acceptors (Lipinski definition) is 4. The third-order valence-electron chi connectivity index (χ3n) is 4.27. The number of pyridine rings is 1. The molecular formula is C19H23N5O. The summed E-state index contributed by atoms with van der Waals surface area (Å²) in [4.78, 5) is 18.3. The molecule has 6 heteroatoms. The number of aryl methyl sites for hydroxylation is 2. The molecule has 3 aromatic rings. The number of hydrogen-bond donors (Lipinski definition) is 1. The maximum atomic E-state index is 11.6. The number of nitrogens with one attached hydrogen (secondary N) is 1. The number of fused-ring (bicyclic) bond motifs is 1. The first kappa shape index (κ1) is 17.1. The summed E-state index contributed by atoms with van der Waals surface area (Å²) in [5, 5.41) is 8.15. The molecule has 2 heterocycles. The lowest BCUT2D eigenvalue weighted by Gasteiger charge is -2.17. The Kier molecular flexibility index (Phi) is 4.81. The summed E-state index contributed by atoms with van der Waals surface area (Å²) in [6, 6.07) is 9.86. The van der Waals surface area contributed by atoms with Crippen LogP contribution in [-0.4, -0.2) is 39.7 Å². The van der Waals surface area contributed by atoms with Crippen molar-refractivity contribution in [1.82, 2.24) is 25.0 Å². The number of amides is 1. The predicted octanol–water partition coefficient (Wildman–Crippen LogP) is 2.27. The zero-order valence-corrected chi connectivity index (χ0v) is 15.1. The molecule has 0 bridgehead atoms. The molecule has 0 saturated carbocycles. The molecule has 0 aliphatic rings. The van der Waals surface area contributed by atoms with Crippen LogP contribution in [0.2, 0.25) is 0 Å². The van der Waals surface area contributed by atoms with Gasteiger partial charge in [-0.1, -0.05) is 12.1 Å². The van der Waals surface area contributed by atoms with E-state index in [0.717, 1.165) is 35.4 Å². The van der Waals surface area contributed by atoms with Crippen molar-refractivity contribution in [2.75, 3.05) is 14.1 Å². The van der Waals surface area contributed by atoms with Crippen molar-refractivity contribution in [2.24, 2.45) is 7.05 Å². The molecule has 0 fully saturated rings. The highest BCUT2D eigenvalue weighted by atomic mass is 16.1. The van der Waals surface area contributed by atoms with Gasteiger partial charge in [-0.2, -0.15) is 5.10 Å². The molecule has 0 atom stereocenters. The van der Waals surface area contributed by atoms with E-state index in [1.54, 1.807) is 7.05 Å². The molecular weight excluding hydrogens is 314 g/mol. The molecule has 6 nitrogen and oxygen atoms in total. The van der Waals surface area contributed by atoms with Crippen molar-refractivity contribution in [3.63, 3.8) is 0 Å². The predicted molar refractivity (Wildman–Crippen MR) is 98.2 cm³/mol. The maximum Gasteiger partial charge on any atom is 0.251 e. The highest BCUT2D eigenvalue weighted by Gasteiger charge is 2.09. The van der Waals surface area contributed by atoms with E-state index in [1.807, 2.05) is 49.1 Å². The van der Waals surface area contributed by atoms with Crippen molar-refractivity contribution in [2.45, 2.75) is 20.0 Å². The van der Waals surface area contributed by atoms with Gasteiger partial charge in [-0.15, -0.1) is 0 Å². The Morgan fingerprint density at radius 1 is 1.20 bits per heavy atom. The topological polar surface area (TPSA) is 63.1 Å². The van der Waals surface area contributed by atoms with E-state index in [0.29, 0.717) is 5.56 Å². The van der Waals surface area contributed by atoms with Crippen LogP contribution >= 0.6 is 0 Å². The van der Waals surface area contributed by atoms with Crippen molar-refractivity contribution in [3.8, 4) is 0 Å². The zero-order valence-electron chi connectivity index (χ0n) is 15.1. The lowest BCUT2D eigenvalue weighted by Crippen LogP contribution is -2.19. The lowest BCUT2D eigenvalue weighted by molar-refractivity contribution is 0.0963. The molecule has 130 valence electrons. The summed E-state index contributed by atoms with van der Waals surface area (Å²) < 4.78 is 1.81. The largest absolute Gasteiger partial charge is 0.355 e. The lowest BCUT2D eigenvalue weighted by atomic mass is 10.1. The normalized spacial score (nSPS) is 11.2. The second-order valence-electron chi connectivity index (χ2n) is 6.37. The van der Waals surface area contributed by atoms with Crippen LogP contribution < -0.4 is 5.32 Å². The van der Waals surface area contributed by atoms with E-state index in [2.05, 4.69) is 33.4 Å². The smallest absolute Gasteiger partial charge is 0.251 e. The van der Waals surface area contributed by atoms with Gasteiger partial charge >= 0.3 is 0 Å². The molecule has 0 aliphatic carbocycles. The first-order chi connectivity index (χ1) is 12.0. The SMILES string of the molecule is CNC(=O)c1ccc(CN(C)Cc2cnc3c(c2)c(C)nn3C)cc1. The molecule has 0 saturated heterocycles. The van der Waals surface area contributed by atoms with E-state index in [1.165, 1.54) is 5.56 Å². The quantitative estimate of drug-likeness (QED) is 0.776. The molecule has 1 aromatic carbocycles. The Labute approximate surface area is 147 Å². The average molecular weight is 337 g/mol. The molecule has 25 heavy (non-hydrogen) atoms. The second-order valence-corrected chi connectivity index (χ2v) is 6.37. The van der Waals surface area contributed by atoms with Crippen LogP contribution in [0.5, 0.6) is 0 Å². The Bertz CT molecular complexity index is 898. The van der Waals surface area contributed by atoms with Gasteiger partial charge in [-0.3, -0.25) is 14.4 Å². The Morgan fingerprint density at radius 3 is 2.56 bits per heavy atom. The van der Waals surface area contributed by atoms with Crippen LogP contribution in [0.25, 0.3) is 11.0 Å². The van der Waals surface area contributed by atoms with Crippen LogP contribution in [-0.2, 0) is 20.1 Å². The fourth-order valence-electron chi connectivity index (χ4n) is 3.02. The van der Waals surface area contributed by atoms with Gasteiger partial charge in [0.05, 0.1) is 5.69 Å². The highest BCUT2D eigenvalue weighted by molar-refractivity contribution is 5.93.